The van der Waals surface area contributed by atoms with E-state index >= 15 is 0 Å². The lowest BCUT2D eigenvalue weighted by Gasteiger charge is -1.95. The SMILES string of the molecule is C/C=C\C=C(\C)c1nc[nH]c1C.CC. The maximum Gasteiger partial charge on any atom is 0.0929 e. The number of allylic oxidation sites excluding steroid dienone is 4. The molecule has 1 N–H and O–H groups in total. The first-order valence-electron chi connectivity index (χ1n) is 5.05. The monoisotopic (exact) mass is 192 g/mol. The van der Waals surface area contributed by atoms with E-state index in [1.807, 2.05) is 39.8 Å². The molecule has 0 aromatic carbocycles. The van der Waals surface area contributed by atoms with Gasteiger partial charge in [-0.1, -0.05) is 32.1 Å². The molecule has 0 bridgehead atoms. The molecule has 0 atom stereocenters. The molecule has 0 amide bonds. The van der Waals surface area contributed by atoms with Crippen molar-refractivity contribution in [3.63, 3.8) is 0 Å². The summed E-state index contributed by atoms with van der Waals surface area (Å²) < 4.78 is 0. The molecule has 0 spiro atoms. The highest BCUT2D eigenvalue weighted by atomic mass is 14.9. The summed E-state index contributed by atoms with van der Waals surface area (Å²) in [5.41, 5.74) is 3.35. The minimum Gasteiger partial charge on any atom is -0.348 e. The zero-order chi connectivity index (χ0) is 11.0. The maximum atomic E-state index is 4.21. The van der Waals surface area contributed by atoms with Gasteiger partial charge in [0.05, 0.1) is 12.0 Å². The van der Waals surface area contributed by atoms with Crippen molar-refractivity contribution in [2.45, 2.75) is 34.6 Å². The molecule has 1 aromatic rings. The number of aromatic nitrogens is 2. The van der Waals surface area contributed by atoms with Gasteiger partial charge in [0.15, 0.2) is 0 Å². The first-order valence-corrected chi connectivity index (χ1v) is 5.05. The Morgan fingerprint density at radius 1 is 1.43 bits per heavy atom. The van der Waals surface area contributed by atoms with Crippen molar-refractivity contribution in [3.05, 3.63) is 35.9 Å². The Bertz CT molecular complexity index is 306. The third-order valence-corrected chi connectivity index (χ3v) is 1.74. The van der Waals surface area contributed by atoms with Crippen LogP contribution in [0, 0.1) is 6.92 Å². The fourth-order valence-corrected chi connectivity index (χ4v) is 1.08. The van der Waals surface area contributed by atoms with Crippen LogP contribution in [0.4, 0.5) is 0 Å². The molecule has 0 aliphatic heterocycles. The smallest absolute Gasteiger partial charge is 0.0929 e. The van der Waals surface area contributed by atoms with Crippen molar-refractivity contribution in [2.75, 3.05) is 0 Å². The van der Waals surface area contributed by atoms with Gasteiger partial charge in [0, 0.05) is 5.69 Å². The summed E-state index contributed by atoms with van der Waals surface area (Å²) in [5, 5.41) is 0. The summed E-state index contributed by atoms with van der Waals surface area (Å²) in [5.74, 6) is 0. The number of nitrogens with zero attached hydrogens (tertiary/aromatic N) is 1. The van der Waals surface area contributed by atoms with E-state index < -0.39 is 0 Å². The maximum absolute atomic E-state index is 4.21. The van der Waals surface area contributed by atoms with Gasteiger partial charge in [-0.05, 0) is 26.3 Å². The molecule has 1 heterocycles. The summed E-state index contributed by atoms with van der Waals surface area (Å²) in [6, 6.07) is 0. The number of aryl methyl sites for hydroxylation is 1. The number of imidazole rings is 1. The second kappa shape index (κ2) is 7.13. The van der Waals surface area contributed by atoms with Gasteiger partial charge in [0.25, 0.3) is 0 Å². The molecule has 14 heavy (non-hydrogen) atoms. The van der Waals surface area contributed by atoms with Crippen molar-refractivity contribution in [1.29, 1.82) is 0 Å². The van der Waals surface area contributed by atoms with Gasteiger partial charge < -0.3 is 4.98 Å². The fraction of sp³-hybridized carbons (Fsp3) is 0.417. The third kappa shape index (κ3) is 3.60. The van der Waals surface area contributed by atoms with Gasteiger partial charge in [-0.2, -0.15) is 0 Å². The van der Waals surface area contributed by atoms with Crippen molar-refractivity contribution in [2.24, 2.45) is 0 Å². The normalized spacial score (nSPS) is 11.4. The van der Waals surface area contributed by atoms with Crippen LogP contribution < -0.4 is 0 Å². The molecule has 0 aliphatic rings. The van der Waals surface area contributed by atoms with Gasteiger partial charge in [-0.15, -0.1) is 0 Å². The minimum atomic E-state index is 1.05. The van der Waals surface area contributed by atoms with Gasteiger partial charge in [0.2, 0.25) is 0 Å². The van der Waals surface area contributed by atoms with Crippen LogP contribution in [0.3, 0.4) is 0 Å². The van der Waals surface area contributed by atoms with Crippen LogP contribution in [-0.2, 0) is 0 Å². The van der Waals surface area contributed by atoms with E-state index in [0.29, 0.717) is 0 Å². The van der Waals surface area contributed by atoms with Gasteiger partial charge in [-0.25, -0.2) is 4.98 Å². The number of H-pyrrole nitrogens is 1. The number of hydrogen-bond acceptors (Lipinski definition) is 1. The molecule has 1 rings (SSSR count). The van der Waals surface area contributed by atoms with E-state index in [4.69, 9.17) is 0 Å². The lowest BCUT2D eigenvalue weighted by Crippen LogP contribution is -1.82. The summed E-state index contributed by atoms with van der Waals surface area (Å²) >= 11 is 0. The van der Waals surface area contributed by atoms with E-state index in [-0.39, 0.29) is 0 Å². The van der Waals surface area contributed by atoms with Crippen molar-refractivity contribution in [3.8, 4) is 0 Å². The number of hydrogen-bond donors (Lipinski definition) is 1. The average molecular weight is 192 g/mol. The molecule has 2 heteroatoms. The Kier molecular flexibility index (Phi) is 6.46. The first-order chi connectivity index (χ1) is 6.75. The van der Waals surface area contributed by atoms with Crippen LogP contribution >= 0.6 is 0 Å². The highest BCUT2D eigenvalue weighted by Crippen LogP contribution is 2.13. The molecule has 0 unspecified atom stereocenters. The largest absolute Gasteiger partial charge is 0.348 e. The van der Waals surface area contributed by atoms with Gasteiger partial charge in [0.1, 0.15) is 0 Å². The Morgan fingerprint density at radius 2 is 2.07 bits per heavy atom. The third-order valence-electron chi connectivity index (χ3n) is 1.74. The van der Waals surface area contributed by atoms with Crippen LogP contribution in [0.1, 0.15) is 39.1 Å². The molecule has 0 fully saturated rings. The second-order valence-electron chi connectivity index (χ2n) is 2.75. The number of nitrogens with one attached hydrogen (secondary N) is 1. The lowest BCUT2D eigenvalue weighted by molar-refractivity contribution is 1.25. The Hall–Kier alpha value is -1.31. The van der Waals surface area contributed by atoms with E-state index in [1.54, 1.807) is 6.33 Å². The van der Waals surface area contributed by atoms with Crippen LogP contribution in [0.2, 0.25) is 0 Å². The number of aromatic amines is 1. The summed E-state index contributed by atoms with van der Waals surface area (Å²) in [4.78, 5) is 7.26. The molecule has 1 aromatic heterocycles. The summed E-state index contributed by atoms with van der Waals surface area (Å²) in [6.07, 6.45) is 7.80. The predicted molar refractivity (Wildman–Crippen MR) is 63.1 cm³/mol. The average Bonchev–Trinajstić information content (AvgIpc) is 2.64. The van der Waals surface area contributed by atoms with E-state index in [2.05, 4.69) is 23.0 Å². The second-order valence-corrected chi connectivity index (χ2v) is 2.75. The van der Waals surface area contributed by atoms with Crippen molar-refractivity contribution in [1.82, 2.24) is 9.97 Å². The Morgan fingerprint density at radius 3 is 2.50 bits per heavy atom. The quantitative estimate of drug-likeness (QED) is 0.711. The van der Waals surface area contributed by atoms with Crippen LogP contribution in [0.15, 0.2) is 24.6 Å². The topological polar surface area (TPSA) is 28.7 Å². The molecule has 0 aliphatic carbocycles. The molecule has 0 radical (unpaired) electrons. The van der Waals surface area contributed by atoms with Gasteiger partial charge >= 0.3 is 0 Å². The zero-order valence-corrected chi connectivity index (χ0v) is 9.76. The molecule has 0 saturated carbocycles. The van der Waals surface area contributed by atoms with Crippen molar-refractivity contribution >= 4 is 5.57 Å². The highest BCUT2D eigenvalue weighted by molar-refractivity contribution is 5.63. The highest BCUT2D eigenvalue weighted by Gasteiger charge is 2.00. The van der Waals surface area contributed by atoms with E-state index in [1.165, 1.54) is 5.57 Å². The summed E-state index contributed by atoms with van der Waals surface area (Å²) in [7, 11) is 0. The van der Waals surface area contributed by atoms with Crippen LogP contribution in [0.5, 0.6) is 0 Å². The predicted octanol–water partition coefficient (Wildman–Crippen LogP) is 3.72. The molecule has 2 nitrogen and oxygen atoms in total. The summed E-state index contributed by atoms with van der Waals surface area (Å²) in [6.45, 7) is 10.1. The molecular formula is C12H20N2. The lowest BCUT2D eigenvalue weighted by atomic mass is 10.2. The van der Waals surface area contributed by atoms with E-state index in [0.717, 1.165) is 11.4 Å². The number of rotatable bonds is 2. The Balaban J connectivity index is 0.000000791. The minimum absolute atomic E-state index is 1.05. The molecule has 0 saturated heterocycles. The van der Waals surface area contributed by atoms with Crippen molar-refractivity contribution < 1.29 is 0 Å². The molecule has 78 valence electrons. The van der Waals surface area contributed by atoms with E-state index in [9.17, 15) is 0 Å². The zero-order valence-electron chi connectivity index (χ0n) is 9.76. The first kappa shape index (κ1) is 12.7. The molecular weight excluding hydrogens is 172 g/mol. The van der Waals surface area contributed by atoms with Crippen LogP contribution in [-0.4, -0.2) is 9.97 Å². The van der Waals surface area contributed by atoms with Crippen LogP contribution in [0.25, 0.3) is 5.57 Å². The standard InChI is InChI=1S/C10H14N2.C2H6/c1-4-5-6-8(2)10-9(3)11-7-12-10;1-2/h4-7H,1-3H3,(H,11,12);1-2H3/b5-4-,8-6-;. The van der Waals surface area contributed by atoms with Gasteiger partial charge in [-0.3, -0.25) is 0 Å². The Labute approximate surface area is 86.8 Å². The fourth-order valence-electron chi connectivity index (χ4n) is 1.08.